The van der Waals surface area contributed by atoms with Crippen LogP contribution in [0.25, 0.3) is 10.8 Å². The molecule has 0 aliphatic rings. The molecule has 2 aromatic rings. The molecule has 90 valence electrons. The second kappa shape index (κ2) is 6.06. The molecule has 5 heteroatoms. The van der Waals surface area contributed by atoms with Crippen LogP contribution >= 0.6 is 0 Å². The molecule has 0 aliphatic carbocycles. The van der Waals surface area contributed by atoms with Gasteiger partial charge in [0, 0.05) is 43.1 Å². The van der Waals surface area contributed by atoms with Gasteiger partial charge in [0.15, 0.2) is 0 Å². The van der Waals surface area contributed by atoms with Gasteiger partial charge in [-0.3, -0.25) is 0 Å². The van der Waals surface area contributed by atoms with E-state index in [0.717, 1.165) is 5.39 Å². The maximum Gasteiger partial charge on any atom is 0.339 e. The summed E-state index contributed by atoms with van der Waals surface area (Å²) in [6.45, 7) is 4.95. The molecule has 0 heterocycles. The van der Waals surface area contributed by atoms with Crippen molar-refractivity contribution in [1.29, 1.82) is 0 Å². The molecule has 0 atom stereocenters. The van der Waals surface area contributed by atoms with Crippen LogP contribution in [0.5, 0.6) is 0 Å². The van der Waals surface area contributed by atoms with Crippen molar-refractivity contribution < 1.29 is 12.6 Å². The van der Waals surface area contributed by atoms with Crippen molar-refractivity contribution in [2.75, 3.05) is 0 Å². The summed E-state index contributed by atoms with van der Waals surface area (Å²) in [5, 5.41) is 1.51. The Labute approximate surface area is 137 Å². The Morgan fingerprint density at radius 1 is 1.11 bits per heavy atom. The first-order valence-corrected chi connectivity index (χ1v) is 6.49. The molecule has 2 aromatic carbocycles. The van der Waals surface area contributed by atoms with E-state index >= 15 is 0 Å². The topological polar surface area (TPSA) is 43.4 Å². The maximum atomic E-state index is 12.0. The SMILES string of the molecule is C=C(C)OS(=O)(=O)c1cccc2ccccc12.[Ca]. The number of hydrogen-bond acceptors (Lipinski definition) is 3. The van der Waals surface area contributed by atoms with Gasteiger partial charge in [0.25, 0.3) is 0 Å². The van der Waals surface area contributed by atoms with Gasteiger partial charge in [-0.15, -0.1) is 0 Å². The first kappa shape index (κ1) is 15.5. The molecule has 0 saturated carbocycles. The maximum absolute atomic E-state index is 12.0. The summed E-state index contributed by atoms with van der Waals surface area (Å²) in [7, 11) is -3.79. The Hall–Kier alpha value is -0.550. The van der Waals surface area contributed by atoms with Gasteiger partial charge in [-0.2, -0.15) is 8.42 Å². The molecular weight excluding hydrogens is 276 g/mol. The standard InChI is InChI=1S/C13H12O3S.Ca/c1-10(2)16-17(14,15)13-9-5-7-11-6-3-4-8-12(11)13;/h3-9H,1H2,2H3;. The summed E-state index contributed by atoms with van der Waals surface area (Å²) in [6, 6.07) is 12.3. The first-order chi connectivity index (χ1) is 8.00. The number of rotatable bonds is 3. The molecule has 0 aromatic heterocycles. The van der Waals surface area contributed by atoms with Crippen molar-refractivity contribution in [3.63, 3.8) is 0 Å². The normalized spacial score (nSPS) is 10.7. The number of benzene rings is 2. The van der Waals surface area contributed by atoms with E-state index in [9.17, 15) is 8.42 Å². The third-order valence-corrected chi connectivity index (χ3v) is 3.67. The third-order valence-electron chi connectivity index (χ3n) is 2.27. The molecule has 0 fully saturated rings. The second-order valence-electron chi connectivity index (χ2n) is 3.72. The molecule has 18 heavy (non-hydrogen) atoms. The fraction of sp³-hybridized carbons (Fsp3) is 0.0769. The molecule has 3 nitrogen and oxygen atoms in total. The molecule has 2 rings (SSSR count). The van der Waals surface area contributed by atoms with Gasteiger partial charge in [0.05, 0.1) is 0 Å². The molecule has 0 aliphatic heterocycles. The zero-order valence-corrected chi connectivity index (χ0v) is 13.1. The van der Waals surface area contributed by atoms with E-state index in [2.05, 4.69) is 6.58 Å². The Morgan fingerprint density at radius 2 is 1.72 bits per heavy atom. The molecule has 0 amide bonds. The van der Waals surface area contributed by atoms with Gasteiger partial charge in [-0.25, -0.2) is 0 Å². The average molecular weight is 288 g/mol. The van der Waals surface area contributed by atoms with Gasteiger partial charge in [-0.1, -0.05) is 43.0 Å². The molecule has 2 radical (unpaired) electrons. The van der Waals surface area contributed by atoms with E-state index in [0.29, 0.717) is 5.39 Å². The zero-order valence-electron chi connectivity index (χ0n) is 10.1. The van der Waals surface area contributed by atoms with Crippen LogP contribution < -0.4 is 0 Å². The molecule has 0 spiro atoms. The Bertz CT molecular complexity index is 672. The van der Waals surface area contributed by atoms with Crippen LogP contribution in [-0.2, 0) is 14.3 Å². The van der Waals surface area contributed by atoms with Crippen LogP contribution in [0.3, 0.4) is 0 Å². The minimum absolute atomic E-state index is 0. The van der Waals surface area contributed by atoms with Crippen LogP contribution in [0.15, 0.2) is 59.7 Å². The summed E-state index contributed by atoms with van der Waals surface area (Å²) in [4.78, 5) is 0.165. The number of hydrogen-bond donors (Lipinski definition) is 0. The smallest absolute Gasteiger partial charge is 0.339 e. The van der Waals surface area contributed by atoms with Gasteiger partial charge in [-0.05, 0) is 18.4 Å². The van der Waals surface area contributed by atoms with Gasteiger partial charge < -0.3 is 4.18 Å². The number of fused-ring (bicyclic) bond motifs is 1. The molecule has 0 unspecified atom stereocenters. The summed E-state index contributed by atoms with van der Waals surface area (Å²) < 4.78 is 28.8. The Balaban J connectivity index is 0.00000162. The van der Waals surface area contributed by atoms with Crippen molar-refractivity contribution in [1.82, 2.24) is 0 Å². The Kier molecular flexibility index (Phi) is 5.22. The predicted octanol–water partition coefficient (Wildman–Crippen LogP) is 2.70. The van der Waals surface area contributed by atoms with Gasteiger partial charge in [0.2, 0.25) is 0 Å². The zero-order chi connectivity index (χ0) is 12.5. The van der Waals surface area contributed by atoms with Crippen molar-refractivity contribution in [2.45, 2.75) is 11.8 Å². The van der Waals surface area contributed by atoms with Crippen LogP contribution in [0.1, 0.15) is 6.92 Å². The van der Waals surface area contributed by atoms with E-state index in [1.807, 2.05) is 18.2 Å². The van der Waals surface area contributed by atoms with Crippen molar-refractivity contribution in [2.24, 2.45) is 0 Å². The van der Waals surface area contributed by atoms with Crippen molar-refractivity contribution in [3.05, 3.63) is 54.8 Å². The summed E-state index contributed by atoms with van der Waals surface area (Å²) in [5.74, 6) is 0.151. The molecule has 0 N–H and O–H groups in total. The minimum Gasteiger partial charge on any atom is -0.384 e. The van der Waals surface area contributed by atoms with Crippen molar-refractivity contribution in [3.8, 4) is 0 Å². The fourth-order valence-corrected chi connectivity index (χ4v) is 2.81. The van der Waals surface area contributed by atoms with E-state index in [1.165, 1.54) is 13.0 Å². The first-order valence-electron chi connectivity index (χ1n) is 5.08. The second-order valence-corrected chi connectivity index (χ2v) is 5.23. The molecule has 0 bridgehead atoms. The average Bonchev–Trinajstić information content (AvgIpc) is 2.26. The summed E-state index contributed by atoms with van der Waals surface area (Å²) >= 11 is 0. The fourth-order valence-electron chi connectivity index (χ4n) is 1.65. The largest absolute Gasteiger partial charge is 0.384 e. The summed E-state index contributed by atoms with van der Waals surface area (Å²) in [6.07, 6.45) is 0. The van der Waals surface area contributed by atoms with Gasteiger partial charge >= 0.3 is 10.1 Å². The van der Waals surface area contributed by atoms with E-state index < -0.39 is 10.1 Å². The van der Waals surface area contributed by atoms with Crippen LogP contribution in [0.4, 0.5) is 0 Å². The minimum atomic E-state index is -3.79. The van der Waals surface area contributed by atoms with E-state index in [-0.39, 0.29) is 48.4 Å². The van der Waals surface area contributed by atoms with Crippen molar-refractivity contribution >= 4 is 58.6 Å². The Morgan fingerprint density at radius 3 is 2.39 bits per heavy atom. The van der Waals surface area contributed by atoms with Gasteiger partial charge in [0.1, 0.15) is 10.7 Å². The monoisotopic (exact) mass is 288 g/mol. The predicted molar refractivity (Wildman–Crippen MR) is 72.8 cm³/mol. The van der Waals surface area contributed by atoms with Crippen LogP contribution in [0.2, 0.25) is 0 Å². The van der Waals surface area contributed by atoms with Crippen LogP contribution in [-0.4, -0.2) is 46.2 Å². The van der Waals surface area contributed by atoms with E-state index in [1.54, 1.807) is 18.2 Å². The number of allylic oxidation sites excluding steroid dienone is 1. The van der Waals surface area contributed by atoms with E-state index in [4.69, 9.17) is 4.18 Å². The summed E-state index contributed by atoms with van der Waals surface area (Å²) in [5.41, 5.74) is 0. The third kappa shape index (κ3) is 3.26. The molecular formula is C13H12CaO3S. The molecule has 0 saturated heterocycles. The quantitative estimate of drug-likeness (QED) is 0.495. The van der Waals surface area contributed by atoms with Crippen LogP contribution in [0, 0.1) is 0 Å².